The van der Waals surface area contributed by atoms with Crippen molar-refractivity contribution < 1.29 is 4.79 Å². The highest BCUT2D eigenvalue weighted by Gasteiger charge is 2.22. The minimum atomic E-state index is 0.184. The van der Waals surface area contributed by atoms with Crippen LogP contribution in [0.3, 0.4) is 0 Å². The summed E-state index contributed by atoms with van der Waals surface area (Å²) in [7, 11) is 1.78. The molecule has 2 fully saturated rings. The number of hydrogen-bond acceptors (Lipinski definition) is 5. The van der Waals surface area contributed by atoms with E-state index < -0.39 is 0 Å². The topological polar surface area (TPSA) is 85.8 Å². The van der Waals surface area contributed by atoms with Crippen LogP contribution < -0.4 is 15.5 Å². The van der Waals surface area contributed by atoms with Gasteiger partial charge in [-0.2, -0.15) is 0 Å². The first-order chi connectivity index (χ1) is 14.8. The number of amides is 1. The minimum absolute atomic E-state index is 0.184. The van der Waals surface area contributed by atoms with Crippen molar-refractivity contribution >= 4 is 17.8 Å². The number of nitrogens with zero attached hydrogens (tertiary/aromatic N) is 5. The molecule has 166 valence electrons. The summed E-state index contributed by atoms with van der Waals surface area (Å²) in [5.74, 6) is 2.63. The van der Waals surface area contributed by atoms with E-state index in [4.69, 9.17) is 0 Å². The van der Waals surface area contributed by atoms with E-state index in [9.17, 15) is 4.79 Å². The van der Waals surface area contributed by atoms with Gasteiger partial charge in [-0.3, -0.25) is 9.79 Å². The molecule has 2 aliphatic rings. The number of anilines is 1. The molecule has 2 heterocycles. The summed E-state index contributed by atoms with van der Waals surface area (Å²) in [4.78, 5) is 29.4. The van der Waals surface area contributed by atoms with Gasteiger partial charge in [-0.15, -0.1) is 0 Å². The summed E-state index contributed by atoms with van der Waals surface area (Å²) in [6.45, 7) is 4.51. The lowest BCUT2D eigenvalue weighted by Crippen LogP contribution is -2.50. The molecule has 30 heavy (non-hydrogen) atoms. The molecule has 1 amide bonds. The van der Waals surface area contributed by atoms with Crippen LogP contribution in [0.2, 0.25) is 0 Å². The van der Waals surface area contributed by atoms with Crippen LogP contribution in [0.4, 0.5) is 5.95 Å². The van der Waals surface area contributed by atoms with Crippen molar-refractivity contribution in [1.29, 1.82) is 0 Å². The number of rotatable bonds is 8. The van der Waals surface area contributed by atoms with Gasteiger partial charge >= 0.3 is 0 Å². The highest BCUT2D eigenvalue weighted by molar-refractivity contribution is 5.81. The lowest BCUT2D eigenvalue weighted by atomic mass is 9.86. The van der Waals surface area contributed by atoms with Crippen LogP contribution in [0.15, 0.2) is 23.5 Å². The van der Waals surface area contributed by atoms with Gasteiger partial charge in [-0.05, 0) is 24.8 Å². The Hall–Kier alpha value is -2.38. The molecule has 3 rings (SSSR count). The van der Waals surface area contributed by atoms with Gasteiger partial charge < -0.3 is 20.4 Å². The Morgan fingerprint density at radius 3 is 2.47 bits per heavy atom. The predicted octanol–water partition coefficient (Wildman–Crippen LogP) is 2.04. The molecule has 1 aromatic rings. The molecule has 8 heteroatoms. The first-order valence-corrected chi connectivity index (χ1v) is 11.5. The van der Waals surface area contributed by atoms with E-state index in [1.165, 1.54) is 44.9 Å². The molecular weight excluding hydrogens is 378 g/mol. The number of carbonyl (C=O) groups is 1. The maximum Gasteiger partial charge on any atom is 0.225 e. The standard InChI is InChI=1S/C22H37N7O/c1-23-21(24-11-5-9-19-7-3-2-4-8-19)25-14-10-20(30)28-15-17-29(18-16-28)22-26-12-6-13-27-22/h6,12-13,19H,2-5,7-11,14-18H2,1H3,(H2,23,24,25). The minimum Gasteiger partial charge on any atom is -0.356 e. The quantitative estimate of drug-likeness (QED) is 0.384. The van der Waals surface area contributed by atoms with Crippen molar-refractivity contribution in [2.24, 2.45) is 10.9 Å². The maximum atomic E-state index is 12.5. The van der Waals surface area contributed by atoms with Gasteiger partial charge in [0, 0.05) is 65.1 Å². The van der Waals surface area contributed by atoms with E-state index in [2.05, 4.69) is 30.5 Å². The molecular formula is C22H37N7O. The molecule has 0 aromatic carbocycles. The fourth-order valence-corrected chi connectivity index (χ4v) is 4.35. The van der Waals surface area contributed by atoms with Crippen LogP contribution in [-0.2, 0) is 4.79 Å². The summed E-state index contributed by atoms with van der Waals surface area (Å²) in [5, 5.41) is 6.65. The number of carbonyl (C=O) groups excluding carboxylic acids is 1. The Labute approximate surface area is 180 Å². The monoisotopic (exact) mass is 415 g/mol. The molecule has 1 saturated carbocycles. The van der Waals surface area contributed by atoms with Crippen molar-refractivity contribution in [2.45, 2.75) is 51.4 Å². The Balaban J connectivity index is 1.27. The SMILES string of the molecule is CN=C(NCCCC1CCCCC1)NCCC(=O)N1CCN(c2ncccn2)CC1. The molecule has 0 radical (unpaired) electrons. The first kappa shape index (κ1) is 22.3. The van der Waals surface area contributed by atoms with Gasteiger partial charge in [-0.25, -0.2) is 9.97 Å². The summed E-state index contributed by atoms with van der Waals surface area (Å²) < 4.78 is 0. The van der Waals surface area contributed by atoms with Crippen molar-refractivity contribution in [2.75, 3.05) is 51.2 Å². The van der Waals surface area contributed by atoms with Crippen LogP contribution in [0.1, 0.15) is 51.4 Å². The lowest BCUT2D eigenvalue weighted by molar-refractivity contribution is -0.131. The molecule has 2 N–H and O–H groups in total. The van der Waals surface area contributed by atoms with Gasteiger partial charge in [0.15, 0.2) is 5.96 Å². The number of aliphatic imine (C=N–C) groups is 1. The van der Waals surface area contributed by atoms with E-state index in [0.29, 0.717) is 26.1 Å². The maximum absolute atomic E-state index is 12.5. The molecule has 1 saturated heterocycles. The predicted molar refractivity (Wildman–Crippen MR) is 121 cm³/mol. The van der Waals surface area contributed by atoms with E-state index >= 15 is 0 Å². The molecule has 0 unspecified atom stereocenters. The number of nitrogens with one attached hydrogen (secondary N) is 2. The largest absolute Gasteiger partial charge is 0.356 e. The lowest BCUT2D eigenvalue weighted by Gasteiger charge is -2.34. The number of guanidine groups is 1. The Morgan fingerprint density at radius 2 is 1.77 bits per heavy atom. The van der Waals surface area contributed by atoms with Crippen LogP contribution in [0.25, 0.3) is 0 Å². The number of piperazine rings is 1. The van der Waals surface area contributed by atoms with E-state index in [-0.39, 0.29) is 5.91 Å². The molecule has 1 aromatic heterocycles. The van der Waals surface area contributed by atoms with Crippen molar-refractivity contribution in [1.82, 2.24) is 25.5 Å². The number of hydrogen-bond donors (Lipinski definition) is 2. The first-order valence-electron chi connectivity index (χ1n) is 11.5. The number of aromatic nitrogens is 2. The van der Waals surface area contributed by atoms with E-state index in [0.717, 1.165) is 37.5 Å². The second-order valence-corrected chi connectivity index (χ2v) is 8.24. The fraction of sp³-hybridized carbons (Fsp3) is 0.727. The zero-order valence-corrected chi connectivity index (χ0v) is 18.4. The second-order valence-electron chi connectivity index (χ2n) is 8.24. The van der Waals surface area contributed by atoms with Gasteiger partial charge in [0.1, 0.15) is 0 Å². The highest BCUT2D eigenvalue weighted by Crippen LogP contribution is 2.26. The Bertz CT molecular complexity index is 653. The normalized spacial score (nSPS) is 18.4. The summed E-state index contributed by atoms with van der Waals surface area (Å²) >= 11 is 0. The molecule has 0 atom stereocenters. The van der Waals surface area contributed by atoms with Crippen LogP contribution in [-0.4, -0.2) is 73.1 Å². The molecule has 8 nitrogen and oxygen atoms in total. The van der Waals surface area contributed by atoms with Crippen LogP contribution in [0, 0.1) is 5.92 Å². The molecule has 1 aliphatic carbocycles. The third kappa shape index (κ3) is 7.15. The van der Waals surface area contributed by atoms with E-state index in [1.807, 2.05) is 11.0 Å². The average molecular weight is 416 g/mol. The summed E-state index contributed by atoms with van der Waals surface area (Å²) in [5.41, 5.74) is 0. The van der Waals surface area contributed by atoms with Gasteiger partial charge in [0.25, 0.3) is 0 Å². The highest BCUT2D eigenvalue weighted by atomic mass is 16.2. The van der Waals surface area contributed by atoms with Crippen LogP contribution in [0.5, 0.6) is 0 Å². The third-order valence-electron chi connectivity index (χ3n) is 6.13. The van der Waals surface area contributed by atoms with Crippen molar-refractivity contribution in [3.8, 4) is 0 Å². The molecule has 1 aliphatic heterocycles. The second kappa shape index (κ2) is 12.3. The van der Waals surface area contributed by atoms with Gasteiger partial charge in [0.05, 0.1) is 0 Å². The smallest absolute Gasteiger partial charge is 0.225 e. The third-order valence-corrected chi connectivity index (χ3v) is 6.13. The van der Waals surface area contributed by atoms with Crippen LogP contribution >= 0.6 is 0 Å². The summed E-state index contributed by atoms with van der Waals surface area (Å²) in [6, 6.07) is 1.82. The van der Waals surface area contributed by atoms with Gasteiger partial charge in [-0.1, -0.05) is 32.1 Å². The zero-order chi connectivity index (χ0) is 21.0. The van der Waals surface area contributed by atoms with E-state index in [1.54, 1.807) is 19.4 Å². The molecule has 0 bridgehead atoms. The molecule has 0 spiro atoms. The average Bonchev–Trinajstić information content (AvgIpc) is 2.82. The fourth-order valence-electron chi connectivity index (χ4n) is 4.35. The van der Waals surface area contributed by atoms with Crippen molar-refractivity contribution in [3.63, 3.8) is 0 Å². The Morgan fingerprint density at radius 1 is 1.07 bits per heavy atom. The summed E-state index contributed by atoms with van der Waals surface area (Å²) in [6.07, 6.45) is 13.5. The van der Waals surface area contributed by atoms with Crippen molar-refractivity contribution in [3.05, 3.63) is 18.5 Å². The van der Waals surface area contributed by atoms with Gasteiger partial charge in [0.2, 0.25) is 11.9 Å². The Kier molecular flexibility index (Phi) is 9.18. The zero-order valence-electron chi connectivity index (χ0n) is 18.4.